The van der Waals surface area contributed by atoms with Crippen LogP contribution in [0.5, 0.6) is 0 Å². The Labute approximate surface area is 101 Å². The topological polar surface area (TPSA) is 67.8 Å². The van der Waals surface area contributed by atoms with Gasteiger partial charge < -0.3 is 5.32 Å². The highest BCUT2D eigenvalue weighted by Crippen LogP contribution is 2.15. The highest BCUT2D eigenvalue weighted by Gasteiger charge is 2.13. The van der Waals surface area contributed by atoms with Gasteiger partial charge in [-0.05, 0) is 30.6 Å². The second-order valence-corrected chi connectivity index (χ2v) is 4.15. The van der Waals surface area contributed by atoms with E-state index in [0.29, 0.717) is 21.4 Å². The number of nitrogens with one attached hydrogen (secondary N) is 1. The van der Waals surface area contributed by atoms with Gasteiger partial charge in [-0.25, -0.2) is 4.98 Å². The van der Waals surface area contributed by atoms with Crippen LogP contribution in [0.25, 0.3) is 0 Å². The summed E-state index contributed by atoms with van der Waals surface area (Å²) < 4.78 is 3.69. The van der Waals surface area contributed by atoms with Crippen molar-refractivity contribution < 1.29 is 4.79 Å². The summed E-state index contributed by atoms with van der Waals surface area (Å²) in [5.41, 5.74) is 1.21. The quantitative estimate of drug-likeness (QED) is 0.834. The molecule has 0 saturated heterocycles. The van der Waals surface area contributed by atoms with Gasteiger partial charge in [-0.2, -0.15) is 0 Å². The first-order valence-corrected chi connectivity index (χ1v) is 5.54. The van der Waals surface area contributed by atoms with E-state index in [1.165, 1.54) is 6.20 Å². The first-order chi connectivity index (χ1) is 7.66. The lowest BCUT2D eigenvalue weighted by Crippen LogP contribution is -2.11. The van der Waals surface area contributed by atoms with Crippen molar-refractivity contribution in [2.75, 3.05) is 5.32 Å². The van der Waals surface area contributed by atoms with Crippen LogP contribution < -0.4 is 5.32 Å². The molecule has 2 heterocycles. The van der Waals surface area contributed by atoms with Crippen LogP contribution >= 0.6 is 23.1 Å². The van der Waals surface area contributed by atoms with Crippen LogP contribution in [0.4, 0.5) is 5.69 Å². The van der Waals surface area contributed by atoms with Crippen LogP contribution in [0.3, 0.4) is 0 Å². The minimum Gasteiger partial charge on any atom is -0.321 e. The lowest BCUT2D eigenvalue weighted by atomic mass is 10.3. The Balaban J connectivity index is 2.17. The van der Waals surface area contributed by atoms with Crippen LogP contribution in [-0.4, -0.2) is 20.5 Å². The Morgan fingerprint density at radius 3 is 3.00 bits per heavy atom. The molecule has 7 heteroatoms. The molecular weight excluding hydrogens is 248 g/mol. The number of nitrogens with zero attached hydrogens (tertiary/aromatic N) is 3. The number of carbonyl (C=O) groups excluding carboxylic acids is 1. The van der Waals surface area contributed by atoms with Crippen molar-refractivity contribution in [3.05, 3.63) is 34.1 Å². The van der Waals surface area contributed by atoms with Crippen molar-refractivity contribution in [3.8, 4) is 0 Å². The summed E-state index contributed by atoms with van der Waals surface area (Å²) in [6, 6.07) is 3.23. The van der Waals surface area contributed by atoms with Gasteiger partial charge in [-0.15, -0.1) is 5.10 Å². The molecule has 0 bridgehead atoms. The second kappa shape index (κ2) is 4.54. The van der Waals surface area contributed by atoms with Gasteiger partial charge in [0.1, 0.15) is 10.0 Å². The Kier molecular flexibility index (Phi) is 3.12. The average Bonchev–Trinajstić information content (AvgIpc) is 2.64. The van der Waals surface area contributed by atoms with Gasteiger partial charge >= 0.3 is 0 Å². The molecule has 0 unspecified atom stereocenters. The summed E-state index contributed by atoms with van der Waals surface area (Å²) in [4.78, 5) is 16.1. The molecule has 0 fully saturated rings. The van der Waals surface area contributed by atoms with Crippen LogP contribution in [0, 0.1) is 6.92 Å². The van der Waals surface area contributed by atoms with Crippen molar-refractivity contribution in [2.45, 2.75) is 6.92 Å². The van der Waals surface area contributed by atoms with Gasteiger partial charge in [0.15, 0.2) is 0 Å². The third-order valence-electron chi connectivity index (χ3n) is 1.84. The van der Waals surface area contributed by atoms with Gasteiger partial charge in [0.2, 0.25) is 0 Å². The molecule has 2 rings (SSSR count). The van der Waals surface area contributed by atoms with Crippen molar-refractivity contribution in [1.29, 1.82) is 0 Å². The van der Waals surface area contributed by atoms with E-state index in [-0.39, 0.29) is 5.91 Å². The molecule has 1 amide bonds. The zero-order chi connectivity index (χ0) is 11.5. The van der Waals surface area contributed by atoms with Crippen LogP contribution in [-0.2, 0) is 0 Å². The Morgan fingerprint density at radius 2 is 2.38 bits per heavy atom. The summed E-state index contributed by atoms with van der Waals surface area (Å²) >= 11 is 6.76. The summed E-state index contributed by atoms with van der Waals surface area (Å²) in [7, 11) is 0. The molecule has 5 nitrogen and oxygen atoms in total. The normalized spacial score (nSPS) is 10.1. The van der Waals surface area contributed by atoms with Crippen LogP contribution in [0.2, 0.25) is 5.15 Å². The Hall–Kier alpha value is -1.53. The van der Waals surface area contributed by atoms with Gasteiger partial charge in [-0.3, -0.25) is 4.79 Å². The number of hydrogen-bond donors (Lipinski definition) is 1. The molecule has 0 radical (unpaired) electrons. The molecule has 1 N–H and O–H groups in total. The number of aromatic nitrogens is 3. The maximum Gasteiger partial charge on any atom is 0.269 e. The van der Waals surface area contributed by atoms with Crippen molar-refractivity contribution in [3.63, 3.8) is 0 Å². The fourth-order valence-corrected chi connectivity index (χ4v) is 1.83. The summed E-state index contributed by atoms with van der Waals surface area (Å²) in [6.07, 6.45) is 1.52. The lowest BCUT2D eigenvalue weighted by molar-refractivity contribution is 0.103. The van der Waals surface area contributed by atoms with Crippen molar-refractivity contribution in [1.82, 2.24) is 14.6 Å². The summed E-state index contributed by atoms with van der Waals surface area (Å²) in [5.74, 6) is -0.241. The first-order valence-electron chi connectivity index (χ1n) is 4.38. The largest absolute Gasteiger partial charge is 0.321 e. The zero-order valence-corrected chi connectivity index (χ0v) is 9.84. The van der Waals surface area contributed by atoms with E-state index in [1.807, 2.05) is 0 Å². The minimum atomic E-state index is -0.241. The number of hydrogen-bond acceptors (Lipinski definition) is 5. The Bertz CT molecular complexity index is 528. The predicted octanol–water partition coefficient (Wildman–Crippen LogP) is 2.15. The van der Waals surface area contributed by atoms with E-state index < -0.39 is 0 Å². The zero-order valence-electron chi connectivity index (χ0n) is 8.27. The number of aryl methyl sites for hydroxylation is 1. The predicted molar refractivity (Wildman–Crippen MR) is 61.8 cm³/mol. The number of carbonyl (C=O) groups is 1. The smallest absolute Gasteiger partial charge is 0.269 e. The molecule has 2 aromatic heterocycles. The van der Waals surface area contributed by atoms with Crippen LogP contribution in [0.15, 0.2) is 18.3 Å². The lowest BCUT2D eigenvalue weighted by Gasteiger charge is -2.02. The van der Waals surface area contributed by atoms with E-state index in [4.69, 9.17) is 11.6 Å². The number of pyridine rings is 1. The molecule has 0 aromatic carbocycles. The second-order valence-electron chi connectivity index (χ2n) is 3.01. The summed E-state index contributed by atoms with van der Waals surface area (Å²) in [5, 5.41) is 6.79. The number of amides is 1. The Morgan fingerprint density at radius 1 is 1.56 bits per heavy atom. The molecule has 2 aromatic rings. The van der Waals surface area contributed by atoms with Crippen LogP contribution in [0.1, 0.15) is 15.4 Å². The van der Waals surface area contributed by atoms with Gasteiger partial charge in [0, 0.05) is 11.9 Å². The number of anilines is 1. The number of rotatable bonds is 2. The molecular formula is C9H7ClN4OS. The van der Waals surface area contributed by atoms with E-state index >= 15 is 0 Å². The molecule has 0 aliphatic rings. The fourth-order valence-electron chi connectivity index (χ4n) is 1.11. The molecule has 0 atom stereocenters. The monoisotopic (exact) mass is 254 g/mol. The molecule has 82 valence electrons. The van der Waals surface area contributed by atoms with E-state index in [2.05, 4.69) is 19.9 Å². The maximum atomic E-state index is 11.8. The molecule has 0 aliphatic carbocycles. The third-order valence-corrected chi connectivity index (χ3v) is 2.88. The SMILES string of the molecule is Cc1nnsc1C(=O)Nc1ccnc(Cl)c1. The fraction of sp³-hybridized carbons (Fsp3) is 0.111. The molecule has 16 heavy (non-hydrogen) atoms. The standard InChI is InChI=1S/C9H7ClN4OS/c1-5-8(16-14-13-5)9(15)12-6-2-3-11-7(10)4-6/h2-4H,1H3,(H,11,12,15). The first kappa shape index (κ1) is 11.0. The number of halogens is 1. The van der Waals surface area contributed by atoms with E-state index in [0.717, 1.165) is 11.5 Å². The highest BCUT2D eigenvalue weighted by molar-refractivity contribution is 7.08. The third kappa shape index (κ3) is 2.34. The highest BCUT2D eigenvalue weighted by atomic mass is 35.5. The molecule has 0 saturated carbocycles. The van der Waals surface area contributed by atoms with E-state index in [9.17, 15) is 4.79 Å². The molecule has 0 aliphatic heterocycles. The van der Waals surface area contributed by atoms with E-state index in [1.54, 1.807) is 19.1 Å². The summed E-state index contributed by atoms with van der Waals surface area (Å²) in [6.45, 7) is 1.73. The minimum absolute atomic E-state index is 0.241. The van der Waals surface area contributed by atoms with Gasteiger partial charge in [-0.1, -0.05) is 16.1 Å². The van der Waals surface area contributed by atoms with Gasteiger partial charge in [0.25, 0.3) is 5.91 Å². The molecule has 0 spiro atoms. The van der Waals surface area contributed by atoms with Gasteiger partial charge in [0.05, 0.1) is 5.69 Å². The van der Waals surface area contributed by atoms with Crippen molar-refractivity contribution >= 4 is 34.7 Å². The van der Waals surface area contributed by atoms with Crippen molar-refractivity contribution in [2.24, 2.45) is 0 Å². The average molecular weight is 255 g/mol. The maximum absolute atomic E-state index is 11.8.